The van der Waals surface area contributed by atoms with Crippen LogP contribution in [-0.4, -0.2) is 18.4 Å². The van der Waals surface area contributed by atoms with Gasteiger partial charge in [0.2, 0.25) is 5.91 Å². The molecule has 3 aromatic carbocycles. The molecule has 0 bridgehead atoms. The molecule has 3 aromatic rings. The van der Waals surface area contributed by atoms with Crippen LogP contribution in [-0.2, 0) is 4.79 Å². The number of nitrogens with one attached hydrogen (secondary N) is 2. The Balaban J connectivity index is 1.70. The second-order valence-electron chi connectivity index (χ2n) is 6.34. The summed E-state index contributed by atoms with van der Waals surface area (Å²) in [5.74, 6) is -0.493. The summed E-state index contributed by atoms with van der Waals surface area (Å²) in [4.78, 5) is 24.3. The quantitative estimate of drug-likeness (QED) is 0.560. The normalized spacial score (nSPS) is 10.9. The first kappa shape index (κ1) is 19.6. The SMILES string of the molecule is CCCNC(=O)c1ccc(NC(=O)/C=C/c2cccc3ccccc23)cc1Cl. The second-order valence-corrected chi connectivity index (χ2v) is 6.75. The average Bonchev–Trinajstić information content (AvgIpc) is 2.70. The number of anilines is 1. The smallest absolute Gasteiger partial charge is 0.252 e. The van der Waals surface area contributed by atoms with E-state index in [9.17, 15) is 9.59 Å². The minimum atomic E-state index is -0.271. The van der Waals surface area contributed by atoms with Crippen LogP contribution in [0.15, 0.2) is 66.7 Å². The van der Waals surface area contributed by atoms with Crippen molar-refractivity contribution in [2.75, 3.05) is 11.9 Å². The van der Waals surface area contributed by atoms with Crippen molar-refractivity contribution < 1.29 is 9.59 Å². The lowest BCUT2D eigenvalue weighted by Gasteiger charge is -2.08. The van der Waals surface area contributed by atoms with Crippen molar-refractivity contribution in [3.63, 3.8) is 0 Å². The van der Waals surface area contributed by atoms with Gasteiger partial charge in [-0.2, -0.15) is 0 Å². The molecule has 0 saturated carbocycles. The van der Waals surface area contributed by atoms with Crippen LogP contribution in [0.4, 0.5) is 5.69 Å². The van der Waals surface area contributed by atoms with Crippen molar-refractivity contribution in [2.45, 2.75) is 13.3 Å². The minimum absolute atomic E-state index is 0.222. The van der Waals surface area contributed by atoms with E-state index in [1.54, 1.807) is 24.3 Å². The highest BCUT2D eigenvalue weighted by atomic mass is 35.5. The summed E-state index contributed by atoms with van der Waals surface area (Å²) >= 11 is 6.19. The molecule has 0 aliphatic carbocycles. The molecule has 3 rings (SSSR count). The van der Waals surface area contributed by atoms with Gasteiger partial charge in [-0.25, -0.2) is 0 Å². The fourth-order valence-electron chi connectivity index (χ4n) is 2.86. The van der Waals surface area contributed by atoms with Gasteiger partial charge < -0.3 is 10.6 Å². The lowest BCUT2D eigenvalue weighted by atomic mass is 10.0. The van der Waals surface area contributed by atoms with Crippen LogP contribution >= 0.6 is 11.6 Å². The summed E-state index contributed by atoms with van der Waals surface area (Å²) in [5, 5.41) is 8.05. The molecule has 2 amide bonds. The number of carbonyl (C=O) groups is 2. The molecule has 0 aliphatic rings. The van der Waals surface area contributed by atoms with Gasteiger partial charge in [-0.05, 0) is 47.0 Å². The van der Waals surface area contributed by atoms with Gasteiger partial charge in [0.15, 0.2) is 0 Å². The van der Waals surface area contributed by atoms with Gasteiger partial charge in [0, 0.05) is 18.3 Å². The van der Waals surface area contributed by atoms with Crippen LogP contribution < -0.4 is 10.6 Å². The van der Waals surface area contributed by atoms with E-state index in [0.717, 1.165) is 22.8 Å². The van der Waals surface area contributed by atoms with Crippen molar-refractivity contribution in [3.05, 3.63) is 82.9 Å². The summed E-state index contributed by atoms with van der Waals surface area (Å²) in [6.07, 6.45) is 4.11. The van der Waals surface area contributed by atoms with E-state index in [2.05, 4.69) is 10.6 Å². The Morgan fingerprint density at radius 1 is 1.04 bits per heavy atom. The van der Waals surface area contributed by atoms with Gasteiger partial charge in [-0.1, -0.05) is 61.0 Å². The number of benzene rings is 3. The van der Waals surface area contributed by atoms with E-state index in [1.807, 2.05) is 49.4 Å². The number of hydrogen-bond acceptors (Lipinski definition) is 2. The van der Waals surface area contributed by atoms with Gasteiger partial charge in [-0.3, -0.25) is 9.59 Å². The van der Waals surface area contributed by atoms with Gasteiger partial charge in [0.05, 0.1) is 10.6 Å². The zero-order chi connectivity index (χ0) is 19.9. The Morgan fingerprint density at radius 3 is 2.61 bits per heavy atom. The van der Waals surface area contributed by atoms with Crippen LogP contribution in [0.1, 0.15) is 29.3 Å². The number of rotatable bonds is 6. The van der Waals surface area contributed by atoms with Gasteiger partial charge in [0.1, 0.15) is 0 Å². The van der Waals surface area contributed by atoms with Crippen LogP contribution in [0, 0.1) is 0 Å². The summed E-state index contributed by atoms with van der Waals surface area (Å²) in [7, 11) is 0. The van der Waals surface area contributed by atoms with Crippen LogP contribution in [0.5, 0.6) is 0 Å². The molecule has 0 aromatic heterocycles. The van der Waals surface area contributed by atoms with E-state index >= 15 is 0 Å². The molecule has 0 heterocycles. The molecule has 5 heteroatoms. The third-order valence-electron chi connectivity index (χ3n) is 4.25. The number of carbonyl (C=O) groups excluding carboxylic acids is 2. The standard InChI is InChI=1S/C23H21ClN2O2/c1-2-14-25-23(28)20-12-11-18(15-21(20)24)26-22(27)13-10-17-8-5-7-16-6-3-4-9-19(16)17/h3-13,15H,2,14H2,1H3,(H,25,28)(H,26,27)/b13-10+. The highest BCUT2D eigenvalue weighted by molar-refractivity contribution is 6.34. The summed E-state index contributed by atoms with van der Waals surface area (Å²) in [6.45, 7) is 2.57. The molecular weight excluding hydrogens is 372 g/mol. The summed E-state index contributed by atoms with van der Waals surface area (Å²) < 4.78 is 0. The Morgan fingerprint density at radius 2 is 1.82 bits per heavy atom. The first-order chi connectivity index (χ1) is 13.6. The predicted octanol–water partition coefficient (Wildman–Crippen LogP) is 5.28. The van der Waals surface area contributed by atoms with Crippen LogP contribution in [0.3, 0.4) is 0 Å². The minimum Gasteiger partial charge on any atom is -0.352 e. The highest BCUT2D eigenvalue weighted by Crippen LogP contribution is 2.22. The number of hydrogen-bond donors (Lipinski definition) is 2. The van der Waals surface area contributed by atoms with Crippen molar-refractivity contribution in [3.8, 4) is 0 Å². The zero-order valence-electron chi connectivity index (χ0n) is 15.5. The predicted molar refractivity (Wildman–Crippen MR) is 116 cm³/mol. The maximum absolute atomic E-state index is 12.3. The Kier molecular flexibility index (Phi) is 6.45. The topological polar surface area (TPSA) is 58.2 Å². The van der Waals surface area contributed by atoms with E-state index in [4.69, 9.17) is 11.6 Å². The third kappa shape index (κ3) is 4.78. The number of amides is 2. The van der Waals surface area contributed by atoms with Gasteiger partial charge in [-0.15, -0.1) is 0 Å². The fourth-order valence-corrected chi connectivity index (χ4v) is 3.12. The maximum atomic E-state index is 12.3. The lowest BCUT2D eigenvalue weighted by Crippen LogP contribution is -2.24. The molecule has 0 aliphatic heterocycles. The van der Waals surface area contributed by atoms with Crippen LogP contribution in [0.2, 0.25) is 5.02 Å². The highest BCUT2D eigenvalue weighted by Gasteiger charge is 2.10. The molecule has 142 valence electrons. The fraction of sp³-hybridized carbons (Fsp3) is 0.130. The van der Waals surface area contributed by atoms with E-state index in [-0.39, 0.29) is 11.8 Å². The molecule has 0 saturated heterocycles. The molecule has 0 atom stereocenters. The van der Waals surface area contributed by atoms with Crippen molar-refractivity contribution in [1.29, 1.82) is 0 Å². The van der Waals surface area contributed by atoms with Crippen molar-refractivity contribution in [1.82, 2.24) is 5.32 Å². The van der Waals surface area contributed by atoms with Gasteiger partial charge >= 0.3 is 0 Å². The maximum Gasteiger partial charge on any atom is 0.252 e. The Labute approximate surface area is 169 Å². The molecule has 4 nitrogen and oxygen atoms in total. The molecule has 0 unspecified atom stereocenters. The van der Waals surface area contributed by atoms with E-state index in [0.29, 0.717) is 22.8 Å². The van der Waals surface area contributed by atoms with Crippen molar-refractivity contribution in [2.24, 2.45) is 0 Å². The third-order valence-corrected chi connectivity index (χ3v) is 4.57. The first-order valence-electron chi connectivity index (χ1n) is 9.13. The molecule has 0 radical (unpaired) electrons. The number of halogens is 1. The second kappa shape index (κ2) is 9.20. The zero-order valence-corrected chi connectivity index (χ0v) is 16.3. The molecule has 2 N–H and O–H groups in total. The van der Waals surface area contributed by atoms with Gasteiger partial charge in [0.25, 0.3) is 5.91 Å². The Bertz CT molecular complexity index is 1040. The van der Waals surface area contributed by atoms with Crippen LogP contribution in [0.25, 0.3) is 16.8 Å². The Hall–Kier alpha value is -3.11. The molecule has 28 heavy (non-hydrogen) atoms. The number of fused-ring (bicyclic) bond motifs is 1. The van der Waals surface area contributed by atoms with E-state index in [1.165, 1.54) is 6.08 Å². The lowest BCUT2D eigenvalue weighted by molar-refractivity contribution is -0.111. The molecular formula is C23H21ClN2O2. The monoisotopic (exact) mass is 392 g/mol. The summed E-state index contributed by atoms with van der Waals surface area (Å²) in [6, 6.07) is 18.8. The molecule has 0 fully saturated rings. The van der Waals surface area contributed by atoms with E-state index < -0.39 is 0 Å². The molecule has 0 spiro atoms. The van der Waals surface area contributed by atoms with Crippen molar-refractivity contribution >= 4 is 46.0 Å². The largest absolute Gasteiger partial charge is 0.352 e. The first-order valence-corrected chi connectivity index (χ1v) is 9.51. The average molecular weight is 393 g/mol. The summed E-state index contributed by atoms with van der Waals surface area (Å²) in [5.41, 5.74) is 1.89.